The van der Waals surface area contributed by atoms with Gasteiger partial charge in [-0.3, -0.25) is 9.59 Å². The Balaban J connectivity index is 3.43. The summed E-state index contributed by atoms with van der Waals surface area (Å²) in [5.74, 6) is -0.588. The maximum absolute atomic E-state index is 11.8. The van der Waals surface area contributed by atoms with Crippen LogP contribution in [0.2, 0.25) is 0 Å². The Morgan fingerprint density at radius 1 is 0.625 bits per heavy atom. The van der Waals surface area contributed by atoms with E-state index in [1.54, 1.807) is 0 Å². The van der Waals surface area contributed by atoms with E-state index in [1.165, 1.54) is 25.7 Å². The van der Waals surface area contributed by atoms with Crippen LogP contribution in [0.15, 0.2) is 48.6 Å². The lowest BCUT2D eigenvalue weighted by Gasteiger charge is -2.04. The molecule has 4 nitrogen and oxygen atoms in total. The number of carboxylic acids is 1. The van der Waals surface area contributed by atoms with Crippen LogP contribution >= 0.6 is 0 Å². The minimum Gasteiger partial charge on any atom is -0.481 e. The van der Waals surface area contributed by atoms with E-state index in [-0.39, 0.29) is 12.3 Å². The first-order valence-electron chi connectivity index (χ1n) is 12.7. The molecule has 32 heavy (non-hydrogen) atoms. The smallest absolute Gasteiger partial charge is 0.303 e. The molecule has 0 aromatic carbocycles. The average molecular weight is 446 g/mol. The number of hydrogen-bond donors (Lipinski definition) is 2. The third-order valence-electron chi connectivity index (χ3n) is 5.12. The van der Waals surface area contributed by atoms with Crippen LogP contribution in [-0.4, -0.2) is 23.5 Å². The van der Waals surface area contributed by atoms with Crippen LogP contribution in [0, 0.1) is 0 Å². The average Bonchev–Trinajstić information content (AvgIpc) is 2.77. The molecule has 0 radical (unpaired) electrons. The summed E-state index contributed by atoms with van der Waals surface area (Å²) in [6.07, 6.45) is 33.2. The maximum Gasteiger partial charge on any atom is 0.303 e. The van der Waals surface area contributed by atoms with Crippen molar-refractivity contribution >= 4 is 11.9 Å². The fourth-order valence-electron chi connectivity index (χ4n) is 3.19. The van der Waals surface area contributed by atoms with Gasteiger partial charge in [0.2, 0.25) is 5.91 Å². The number of carbonyl (C=O) groups excluding carboxylic acids is 1. The van der Waals surface area contributed by atoms with E-state index in [2.05, 4.69) is 60.8 Å². The summed E-state index contributed by atoms with van der Waals surface area (Å²) in [6.45, 7) is 2.96. The summed E-state index contributed by atoms with van der Waals surface area (Å²) >= 11 is 0. The van der Waals surface area contributed by atoms with Crippen molar-refractivity contribution in [1.29, 1.82) is 0 Å². The second-order valence-electron chi connectivity index (χ2n) is 8.24. The minimum absolute atomic E-state index is 0.131. The van der Waals surface area contributed by atoms with Gasteiger partial charge in [-0.25, -0.2) is 0 Å². The van der Waals surface area contributed by atoms with Gasteiger partial charge in [-0.1, -0.05) is 87.6 Å². The molecule has 2 N–H and O–H groups in total. The summed E-state index contributed by atoms with van der Waals surface area (Å²) in [5, 5.41) is 11.5. The van der Waals surface area contributed by atoms with Gasteiger partial charge in [0.1, 0.15) is 0 Å². The van der Waals surface area contributed by atoms with Gasteiger partial charge in [-0.05, 0) is 57.8 Å². The molecule has 0 aliphatic rings. The molecule has 0 saturated heterocycles. The highest BCUT2D eigenvalue weighted by Gasteiger charge is 2.00. The zero-order chi connectivity index (χ0) is 23.5. The highest BCUT2D eigenvalue weighted by molar-refractivity contribution is 5.75. The molecule has 0 aromatic heterocycles. The highest BCUT2D eigenvalue weighted by Crippen LogP contribution is 2.05. The maximum atomic E-state index is 11.8. The molecule has 4 heteroatoms. The molecular weight excluding hydrogens is 398 g/mol. The molecule has 0 aliphatic heterocycles. The SMILES string of the molecule is CCCCC/C=C\C/C=C\C/C=C\C/C=C\CCCC(=O)NCCCCCCCC(=O)O. The molecule has 1 amide bonds. The Morgan fingerprint density at radius 2 is 1.16 bits per heavy atom. The lowest BCUT2D eigenvalue weighted by atomic mass is 10.1. The van der Waals surface area contributed by atoms with Crippen LogP contribution in [0.1, 0.15) is 110 Å². The summed E-state index contributed by atoms with van der Waals surface area (Å²) in [6, 6.07) is 0. The van der Waals surface area contributed by atoms with E-state index in [9.17, 15) is 9.59 Å². The summed E-state index contributed by atoms with van der Waals surface area (Å²) in [4.78, 5) is 22.2. The fraction of sp³-hybridized carbons (Fsp3) is 0.643. The quantitative estimate of drug-likeness (QED) is 0.133. The first-order valence-corrected chi connectivity index (χ1v) is 12.7. The fourth-order valence-corrected chi connectivity index (χ4v) is 3.19. The van der Waals surface area contributed by atoms with Crippen molar-refractivity contribution in [3.05, 3.63) is 48.6 Å². The zero-order valence-corrected chi connectivity index (χ0v) is 20.4. The lowest BCUT2D eigenvalue weighted by molar-refractivity contribution is -0.137. The van der Waals surface area contributed by atoms with E-state index in [0.29, 0.717) is 6.42 Å². The number of unbranched alkanes of at least 4 members (excludes halogenated alkanes) is 8. The topological polar surface area (TPSA) is 66.4 Å². The van der Waals surface area contributed by atoms with Crippen molar-refractivity contribution < 1.29 is 14.7 Å². The molecule has 0 heterocycles. The van der Waals surface area contributed by atoms with Crippen molar-refractivity contribution in [3.63, 3.8) is 0 Å². The third-order valence-corrected chi connectivity index (χ3v) is 5.12. The van der Waals surface area contributed by atoms with Crippen LogP contribution in [0.25, 0.3) is 0 Å². The largest absolute Gasteiger partial charge is 0.481 e. The number of allylic oxidation sites excluding steroid dienone is 8. The van der Waals surface area contributed by atoms with Gasteiger partial charge >= 0.3 is 5.97 Å². The molecule has 0 atom stereocenters. The van der Waals surface area contributed by atoms with Crippen LogP contribution in [0.5, 0.6) is 0 Å². The lowest BCUT2D eigenvalue weighted by Crippen LogP contribution is -2.23. The van der Waals surface area contributed by atoms with Crippen LogP contribution in [-0.2, 0) is 9.59 Å². The second-order valence-corrected chi connectivity index (χ2v) is 8.24. The Morgan fingerprint density at radius 3 is 1.75 bits per heavy atom. The van der Waals surface area contributed by atoms with Gasteiger partial charge in [-0.2, -0.15) is 0 Å². The molecule has 0 spiro atoms. The van der Waals surface area contributed by atoms with Gasteiger partial charge in [0.15, 0.2) is 0 Å². The molecule has 0 aromatic rings. The van der Waals surface area contributed by atoms with E-state index in [0.717, 1.165) is 70.8 Å². The number of aliphatic carboxylic acids is 1. The molecule has 0 unspecified atom stereocenters. The zero-order valence-electron chi connectivity index (χ0n) is 20.4. The molecule has 0 rings (SSSR count). The molecule has 0 aliphatic carbocycles. The minimum atomic E-state index is -0.719. The number of hydrogen-bond acceptors (Lipinski definition) is 2. The Labute approximate surface area is 197 Å². The standard InChI is InChI=1S/C28H47NO3/c1-2-3-4-5-6-7-8-9-10-11-12-13-14-15-16-18-21-24-27(30)29-26-23-20-17-19-22-25-28(31)32/h6-7,9-10,12-13,15-16H,2-5,8,11,14,17-26H2,1H3,(H,29,30)(H,31,32)/b7-6-,10-9-,13-12-,16-15-. The van der Waals surface area contributed by atoms with Crippen molar-refractivity contribution in [2.45, 2.75) is 110 Å². The number of nitrogens with one attached hydrogen (secondary N) is 1. The Bertz CT molecular complexity index is 561. The Hall–Kier alpha value is -2.10. The predicted octanol–water partition coefficient (Wildman–Crippen LogP) is 7.67. The molecule has 182 valence electrons. The first-order chi connectivity index (χ1) is 15.7. The van der Waals surface area contributed by atoms with Crippen molar-refractivity contribution in [2.24, 2.45) is 0 Å². The van der Waals surface area contributed by atoms with Crippen molar-refractivity contribution in [3.8, 4) is 0 Å². The van der Waals surface area contributed by atoms with Crippen LogP contribution < -0.4 is 5.32 Å². The van der Waals surface area contributed by atoms with Crippen molar-refractivity contribution in [1.82, 2.24) is 5.32 Å². The molecule has 0 fully saturated rings. The number of carbonyl (C=O) groups is 2. The van der Waals surface area contributed by atoms with Crippen LogP contribution in [0.4, 0.5) is 0 Å². The normalized spacial score (nSPS) is 12.0. The van der Waals surface area contributed by atoms with Gasteiger partial charge in [0.05, 0.1) is 0 Å². The monoisotopic (exact) mass is 445 g/mol. The third kappa shape index (κ3) is 25.9. The molecular formula is C28H47NO3. The predicted molar refractivity (Wildman–Crippen MR) is 137 cm³/mol. The second kappa shape index (κ2) is 25.2. The van der Waals surface area contributed by atoms with Crippen LogP contribution in [0.3, 0.4) is 0 Å². The van der Waals surface area contributed by atoms with E-state index in [1.807, 2.05) is 0 Å². The van der Waals surface area contributed by atoms with Gasteiger partial charge in [0.25, 0.3) is 0 Å². The van der Waals surface area contributed by atoms with Gasteiger partial charge < -0.3 is 10.4 Å². The van der Waals surface area contributed by atoms with E-state index in [4.69, 9.17) is 5.11 Å². The molecule has 0 bridgehead atoms. The van der Waals surface area contributed by atoms with Gasteiger partial charge in [0, 0.05) is 19.4 Å². The first kappa shape index (κ1) is 29.9. The van der Waals surface area contributed by atoms with E-state index < -0.39 is 5.97 Å². The number of carboxylic acid groups (broad SMARTS) is 1. The number of rotatable bonds is 22. The van der Waals surface area contributed by atoms with E-state index >= 15 is 0 Å². The summed E-state index contributed by atoms with van der Waals surface area (Å²) in [7, 11) is 0. The summed E-state index contributed by atoms with van der Waals surface area (Å²) in [5.41, 5.74) is 0. The number of amides is 1. The highest BCUT2D eigenvalue weighted by atomic mass is 16.4. The molecule has 0 saturated carbocycles. The summed E-state index contributed by atoms with van der Waals surface area (Å²) < 4.78 is 0. The Kier molecular flexibility index (Phi) is 23.5. The van der Waals surface area contributed by atoms with Gasteiger partial charge in [-0.15, -0.1) is 0 Å². The van der Waals surface area contributed by atoms with Crippen molar-refractivity contribution in [2.75, 3.05) is 6.54 Å².